The van der Waals surface area contributed by atoms with Crippen LogP contribution in [-0.4, -0.2) is 32.4 Å². The monoisotopic (exact) mass is 467 g/mol. The zero-order valence-corrected chi connectivity index (χ0v) is 17.6. The molecular formula is C22H21F4N3O4. The number of rotatable bonds is 6. The fourth-order valence-electron chi connectivity index (χ4n) is 3.55. The van der Waals surface area contributed by atoms with Crippen LogP contribution in [0.1, 0.15) is 46.5 Å². The van der Waals surface area contributed by atoms with Crippen LogP contribution in [0.4, 0.5) is 17.6 Å². The minimum Gasteiger partial charge on any atom is -0.368 e. The Morgan fingerprint density at radius 2 is 1.88 bits per heavy atom. The topological polar surface area (TPSA) is 129 Å². The van der Waals surface area contributed by atoms with Crippen LogP contribution in [0.3, 0.4) is 0 Å². The summed E-state index contributed by atoms with van der Waals surface area (Å²) in [6.07, 6.45) is -5.69. The molecule has 0 atom stereocenters. The Morgan fingerprint density at radius 3 is 2.45 bits per heavy atom. The first-order valence-corrected chi connectivity index (χ1v) is 9.76. The quantitative estimate of drug-likeness (QED) is 0.327. The molecule has 0 radical (unpaired) electrons. The molecule has 1 aromatic carbocycles. The predicted molar refractivity (Wildman–Crippen MR) is 111 cm³/mol. The van der Waals surface area contributed by atoms with Crippen molar-refractivity contribution in [2.75, 3.05) is 0 Å². The van der Waals surface area contributed by atoms with Crippen molar-refractivity contribution in [2.24, 2.45) is 11.1 Å². The number of carbonyl (C=O) groups excluding carboxylic acids is 1. The summed E-state index contributed by atoms with van der Waals surface area (Å²) in [5, 5.41) is 19.3. The average molecular weight is 467 g/mol. The molecule has 33 heavy (non-hydrogen) atoms. The summed E-state index contributed by atoms with van der Waals surface area (Å²) in [5.41, 5.74) is 2.25. The number of H-pyrrole nitrogens is 1. The number of aromatic amines is 1. The van der Waals surface area contributed by atoms with Crippen molar-refractivity contribution in [1.82, 2.24) is 9.97 Å². The van der Waals surface area contributed by atoms with E-state index in [1.54, 1.807) is 0 Å². The molecule has 11 heteroatoms. The molecule has 2 heterocycles. The van der Waals surface area contributed by atoms with E-state index in [9.17, 15) is 37.4 Å². The Hall–Kier alpha value is -3.31. The maximum absolute atomic E-state index is 13.4. The molecule has 1 amide bonds. The third kappa shape index (κ3) is 5.04. The van der Waals surface area contributed by atoms with Gasteiger partial charge in [-0.3, -0.25) is 14.6 Å². The summed E-state index contributed by atoms with van der Waals surface area (Å²) in [7, 11) is 0. The number of hydrogen-bond acceptors (Lipinski definition) is 5. The highest BCUT2D eigenvalue weighted by Gasteiger charge is 2.34. The van der Waals surface area contributed by atoms with E-state index in [1.807, 2.05) is 0 Å². The van der Waals surface area contributed by atoms with Crippen molar-refractivity contribution < 1.29 is 32.6 Å². The summed E-state index contributed by atoms with van der Waals surface area (Å²) < 4.78 is 53.3. The smallest absolute Gasteiger partial charge is 0.368 e. The zero-order chi connectivity index (χ0) is 24.7. The molecule has 2 aromatic heterocycles. The molecule has 0 aliphatic carbocycles. The third-order valence-corrected chi connectivity index (χ3v) is 5.36. The lowest BCUT2D eigenvalue weighted by Crippen LogP contribution is -2.34. The van der Waals surface area contributed by atoms with Crippen LogP contribution in [0.15, 0.2) is 35.3 Å². The van der Waals surface area contributed by atoms with Crippen molar-refractivity contribution in [3.63, 3.8) is 0 Å². The summed E-state index contributed by atoms with van der Waals surface area (Å²) in [6, 6.07) is 3.74. The Labute approximate surface area is 184 Å². The zero-order valence-electron chi connectivity index (χ0n) is 17.6. The van der Waals surface area contributed by atoms with Gasteiger partial charge in [0.25, 0.3) is 11.5 Å². The van der Waals surface area contributed by atoms with Gasteiger partial charge >= 0.3 is 6.18 Å². The van der Waals surface area contributed by atoms with E-state index in [0.717, 1.165) is 12.1 Å². The van der Waals surface area contributed by atoms with Crippen LogP contribution < -0.4 is 11.3 Å². The van der Waals surface area contributed by atoms with Crippen molar-refractivity contribution in [3.8, 4) is 0 Å². The highest BCUT2D eigenvalue weighted by atomic mass is 19.4. The molecule has 0 unspecified atom stereocenters. The van der Waals surface area contributed by atoms with Crippen LogP contribution in [0, 0.1) is 11.2 Å². The number of aliphatic hydroxyl groups excluding tert-OH is 1. The summed E-state index contributed by atoms with van der Waals surface area (Å²) in [5.74, 6) is -2.06. The first kappa shape index (κ1) is 24.3. The molecule has 7 nitrogen and oxygen atoms in total. The summed E-state index contributed by atoms with van der Waals surface area (Å²) in [4.78, 5) is 31.1. The standard InChI is InChI=1S/C22H21F4N3O4/c1-21(2,20(32)33)8-13-16(18(27)30)19(31)29-15-6-10(9-28-17(13)15)5-11-3-4-12(23)7-14(11)22(24,25)26/h3-4,6-7,9,20,32-33H,5,8H2,1-2H3,(H2,27,30)(H,29,31). The summed E-state index contributed by atoms with van der Waals surface area (Å²) in [6.45, 7) is 2.99. The number of nitrogens with one attached hydrogen (secondary N) is 1. The lowest BCUT2D eigenvalue weighted by molar-refractivity contribution is -0.138. The van der Waals surface area contributed by atoms with E-state index >= 15 is 0 Å². The molecule has 0 fully saturated rings. The fraction of sp³-hybridized carbons (Fsp3) is 0.318. The number of benzene rings is 1. The van der Waals surface area contributed by atoms with E-state index in [4.69, 9.17) is 5.73 Å². The maximum atomic E-state index is 13.4. The largest absolute Gasteiger partial charge is 0.416 e. The number of aliphatic hydroxyl groups is 2. The van der Waals surface area contributed by atoms with Crippen molar-refractivity contribution in [2.45, 2.75) is 39.2 Å². The highest BCUT2D eigenvalue weighted by Crippen LogP contribution is 2.34. The second-order valence-electron chi connectivity index (χ2n) is 8.43. The first-order valence-electron chi connectivity index (χ1n) is 9.76. The molecule has 0 saturated carbocycles. The van der Waals surface area contributed by atoms with Crippen LogP contribution in [-0.2, 0) is 19.0 Å². The molecule has 0 bridgehead atoms. The SMILES string of the molecule is CC(C)(Cc1c(C(N)=O)c(=O)[nH]c2cc(Cc3ccc(F)cc3C(F)(F)F)cnc12)C(O)O. The van der Waals surface area contributed by atoms with E-state index in [1.165, 1.54) is 26.1 Å². The third-order valence-electron chi connectivity index (χ3n) is 5.36. The van der Waals surface area contributed by atoms with Gasteiger partial charge < -0.3 is 20.9 Å². The Bertz CT molecular complexity index is 1280. The van der Waals surface area contributed by atoms with Crippen LogP contribution in [0.25, 0.3) is 11.0 Å². The van der Waals surface area contributed by atoms with Gasteiger partial charge in [0.2, 0.25) is 0 Å². The minimum atomic E-state index is -4.77. The fourth-order valence-corrected chi connectivity index (χ4v) is 3.55. The van der Waals surface area contributed by atoms with E-state index in [0.29, 0.717) is 6.07 Å². The van der Waals surface area contributed by atoms with Gasteiger partial charge in [-0.2, -0.15) is 13.2 Å². The van der Waals surface area contributed by atoms with E-state index < -0.39 is 46.3 Å². The Kier molecular flexibility index (Phi) is 6.31. The van der Waals surface area contributed by atoms with Gasteiger partial charge in [-0.15, -0.1) is 0 Å². The normalized spacial score (nSPS) is 12.5. The molecular weight excluding hydrogens is 446 g/mol. The molecule has 0 aliphatic heterocycles. The van der Waals surface area contributed by atoms with Gasteiger partial charge in [0, 0.05) is 11.6 Å². The Balaban J connectivity index is 2.15. The molecule has 0 spiro atoms. The molecule has 0 aliphatic rings. The number of hydrogen-bond donors (Lipinski definition) is 4. The first-order chi connectivity index (χ1) is 15.2. The maximum Gasteiger partial charge on any atom is 0.416 e. The molecule has 5 N–H and O–H groups in total. The molecule has 3 rings (SSSR count). The van der Waals surface area contributed by atoms with Crippen molar-refractivity contribution in [1.29, 1.82) is 0 Å². The number of alkyl halides is 3. The second-order valence-corrected chi connectivity index (χ2v) is 8.43. The van der Waals surface area contributed by atoms with Crippen molar-refractivity contribution in [3.05, 3.63) is 74.5 Å². The van der Waals surface area contributed by atoms with Gasteiger partial charge in [0.05, 0.1) is 16.6 Å². The van der Waals surface area contributed by atoms with Gasteiger partial charge in [-0.25, -0.2) is 4.39 Å². The van der Waals surface area contributed by atoms with Gasteiger partial charge in [0.15, 0.2) is 6.29 Å². The Morgan fingerprint density at radius 1 is 1.21 bits per heavy atom. The number of aromatic nitrogens is 2. The second kappa shape index (κ2) is 8.56. The number of nitrogens with zero attached hydrogens (tertiary/aromatic N) is 1. The number of halogens is 4. The van der Waals surface area contributed by atoms with Crippen molar-refractivity contribution >= 4 is 16.9 Å². The van der Waals surface area contributed by atoms with Gasteiger partial charge in [-0.1, -0.05) is 19.9 Å². The lowest BCUT2D eigenvalue weighted by atomic mass is 9.83. The van der Waals surface area contributed by atoms with E-state index in [-0.39, 0.29) is 40.6 Å². The average Bonchev–Trinajstić information content (AvgIpc) is 2.67. The summed E-state index contributed by atoms with van der Waals surface area (Å²) >= 11 is 0. The predicted octanol–water partition coefficient (Wildman–Crippen LogP) is 2.65. The number of nitrogens with two attached hydrogens (primary N) is 1. The number of carbonyl (C=O) groups is 1. The number of primary amides is 1. The molecule has 3 aromatic rings. The van der Waals surface area contributed by atoms with Crippen LogP contribution in [0.5, 0.6) is 0 Å². The van der Waals surface area contributed by atoms with Gasteiger partial charge in [0.1, 0.15) is 11.4 Å². The molecule has 176 valence electrons. The number of amides is 1. The number of fused-ring (bicyclic) bond motifs is 1. The van der Waals surface area contributed by atoms with Gasteiger partial charge in [-0.05, 0) is 47.7 Å². The minimum absolute atomic E-state index is 0.0867. The molecule has 0 saturated heterocycles. The van der Waals surface area contributed by atoms with E-state index in [2.05, 4.69) is 9.97 Å². The van der Waals surface area contributed by atoms with Crippen LogP contribution >= 0.6 is 0 Å². The lowest BCUT2D eigenvalue weighted by Gasteiger charge is -2.27. The van der Waals surface area contributed by atoms with Crippen LogP contribution in [0.2, 0.25) is 0 Å². The number of pyridine rings is 2. The highest BCUT2D eigenvalue weighted by molar-refractivity contribution is 5.98.